The molecule has 0 bridgehead atoms. The quantitative estimate of drug-likeness (QED) is 0.499. The number of nitrogens with one attached hydrogen (secondary N) is 1. The Hall–Kier alpha value is -4.33. The first kappa shape index (κ1) is 20.9. The average Bonchev–Trinajstić information content (AvgIpc) is 2.81. The van der Waals surface area contributed by atoms with Gasteiger partial charge in [-0.3, -0.25) is 14.6 Å². The molecule has 7 nitrogen and oxygen atoms in total. The molecule has 2 heterocycles. The molecule has 2 aromatic heterocycles. The molecule has 0 aliphatic rings. The van der Waals surface area contributed by atoms with Crippen LogP contribution in [0, 0.1) is 5.82 Å². The lowest BCUT2D eigenvalue weighted by Gasteiger charge is -2.16. The van der Waals surface area contributed by atoms with E-state index in [4.69, 9.17) is 4.74 Å². The lowest BCUT2D eigenvalue weighted by Crippen LogP contribution is -2.31. The molecule has 1 amide bonds. The van der Waals surface area contributed by atoms with Crippen LogP contribution in [0.1, 0.15) is 29.0 Å². The molecule has 0 fully saturated rings. The molecule has 0 spiro atoms. The maximum absolute atomic E-state index is 14.1. The summed E-state index contributed by atoms with van der Waals surface area (Å²) in [6.45, 7) is 1.82. The number of amides is 1. The summed E-state index contributed by atoms with van der Waals surface area (Å²) in [5.41, 5.74) is 0.234. The van der Waals surface area contributed by atoms with E-state index >= 15 is 0 Å². The number of hydrogen-bond acceptors (Lipinski definition) is 5. The van der Waals surface area contributed by atoms with Crippen molar-refractivity contribution in [2.45, 2.75) is 13.0 Å². The first-order chi connectivity index (χ1) is 15.5. The van der Waals surface area contributed by atoms with Crippen LogP contribution in [0.2, 0.25) is 0 Å². The zero-order chi connectivity index (χ0) is 22.5. The molecule has 160 valence electrons. The number of aromatic nitrogens is 3. The zero-order valence-electron chi connectivity index (χ0n) is 17.1. The zero-order valence-corrected chi connectivity index (χ0v) is 17.1. The predicted octanol–water partition coefficient (Wildman–Crippen LogP) is 4.05. The number of pyridine rings is 1. The normalized spacial score (nSPS) is 11.6. The van der Waals surface area contributed by atoms with Crippen LogP contribution in [0.25, 0.3) is 5.69 Å². The Labute approximate surface area is 183 Å². The number of halogens is 1. The molecule has 0 aliphatic heterocycles. The Kier molecular flexibility index (Phi) is 6.03. The van der Waals surface area contributed by atoms with Crippen molar-refractivity contribution in [3.63, 3.8) is 0 Å². The molecule has 0 radical (unpaired) electrons. The highest BCUT2D eigenvalue weighted by molar-refractivity contribution is 5.92. The minimum Gasteiger partial charge on any atom is -0.457 e. The molecule has 1 atom stereocenters. The predicted molar refractivity (Wildman–Crippen MR) is 116 cm³/mol. The summed E-state index contributed by atoms with van der Waals surface area (Å²) >= 11 is 0. The number of hydrogen-bond donors (Lipinski definition) is 1. The summed E-state index contributed by atoms with van der Waals surface area (Å²) in [5.74, 6) is 0.150. The van der Waals surface area contributed by atoms with Gasteiger partial charge in [-0.15, -0.1) is 0 Å². The molecule has 0 saturated carbocycles. The summed E-state index contributed by atoms with van der Waals surface area (Å²) in [7, 11) is 0. The minimum atomic E-state index is -0.612. The van der Waals surface area contributed by atoms with Gasteiger partial charge in [0.15, 0.2) is 0 Å². The first-order valence-corrected chi connectivity index (χ1v) is 9.85. The SMILES string of the molecule is C[C@@H](NC(=O)c1ccc(=O)n(-c2ccccc2F)n1)c1cccc(Oc2ccncc2)c1. The smallest absolute Gasteiger partial charge is 0.272 e. The fraction of sp³-hybridized carbons (Fsp3) is 0.0833. The Morgan fingerprint density at radius 1 is 1.00 bits per heavy atom. The molecule has 8 heteroatoms. The second-order valence-corrected chi connectivity index (χ2v) is 6.97. The number of benzene rings is 2. The topological polar surface area (TPSA) is 86.1 Å². The van der Waals surface area contributed by atoms with Gasteiger partial charge in [0.05, 0.1) is 6.04 Å². The van der Waals surface area contributed by atoms with E-state index in [1.54, 1.807) is 30.6 Å². The van der Waals surface area contributed by atoms with E-state index in [0.29, 0.717) is 11.5 Å². The minimum absolute atomic E-state index is 0.0103. The van der Waals surface area contributed by atoms with Gasteiger partial charge in [-0.25, -0.2) is 4.39 Å². The third-order valence-electron chi connectivity index (χ3n) is 4.70. The lowest BCUT2D eigenvalue weighted by molar-refractivity contribution is 0.0933. The number of para-hydroxylation sites is 1. The van der Waals surface area contributed by atoms with E-state index in [-0.39, 0.29) is 17.4 Å². The van der Waals surface area contributed by atoms with E-state index in [1.165, 1.54) is 30.3 Å². The molecule has 1 N–H and O–H groups in total. The number of carbonyl (C=O) groups excluding carboxylic acids is 1. The molecule has 0 aliphatic carbocycles. The van der Waals surface area contributed by atoms with Gasteiger partial charge in [0, 0.05) is 18.5 Å². The van der Waals surface area contributed by atoms with Gasteiger partial charge in [-0.2, -0.15) is 9.78 Å². The van der Waals surface area contributed by atoms with Crippen LogP contribution in [-0.2, 0) is 0 Å². The number of rotatable bonds is 6. The van der Waals surface area contributed by atoms with E-state index < -0.39 is 17.3 Å². The van der Waals surface area contributed by atoms with Gasteiger partial charge in [0.2, 0.25) is 0 Å². The highest BCUT2D eigenvalue weighted by Gasteiger charge is 2.16. The van der Waals surface area contributed by atoms with E-state index in [9.17, 15) is 14.0 Å². The lowest BCUT2D eigenvalue weighted by atomic mass is 10.1. The van der Waals surface area contributed by atoms with Crippen molar-refractivity contribution in [2.75, 3.05) is 0 Å². The van der Waals surface area contributed by atoms with Crippen LogP contribution in [0.4, 0.5) is 4.39 Å². The standard InChI is InChI=1S/C24H19FN4O3/c1-16(17-5-4-6-19(15-17)32-18-11-13-26-14-12-18)27-24(31)21-9-10-23(30)29(28-21)22-8-3-2-7-20(22)25/h2-16H,1H3,(H,27,31)/t16-/m1/s1. The van der Waals surface area contributed by atoms with Gasteiger partial charge >= 0.3 is 0 Å². The monoisotopic (exact) mass is 430 g/mol. The van der Waals surface area contributed by atoms with E-state index in [2.05, 4.69) is 15.4 Å². The Balaban J connectivity index is 1.52. The van der Waals surface area contributed by atoms with Crippen molar-refractivity contribution < 1.29 is 13.9 Å². The maximum atomic E-state index is 14.1. The van der Waals surface area contributed by atoms with Gasteiger partial charge in [-0.05, 0) is 55.0 Å². The third kappa shape index (κ3) is 4.70. The highest BCUT2D eigenvalue weighted by Crippen LogP contribution is 2.24. The van der Waals surface area contributed by atoms with Gasteiger partial charge in [0.1, 0.15) is 28.7 Å². The van der Waals surface area contributed by atoms with Crippen molar-refractivity contribution in [3.05, 3.63) is 113 Å². The van der Waals surface area contributed by atoms with Gasteiger partial charge in [-0.1, -0.05) is 24.3 Å². The van der Waals surface area contributed by atoms with Crippen molar-refractivity contribution in [3.8, 4) is 17.2 Å². The van der Waals surface area contributed by atoms with E-state index in [0.717, 1.165) is 10.2 Å². The summed E-state index contributed by atoms with van der Waals surface area (Å²) in [4.78, 5) is 28.9. The molecular weight excluding hydrogens is 411 g/mol. The van der Waals surface area contributed by atoms with Crippen molar-refractivity contribution in [2.24, 2.45) is 0 Å². The second kappa shape index (κ2) is 9.22. The van der Waals surface area contributed by atoms with Gasteiger partial charge in [0.25, 0.3) is 11.5 Å². The van der Waals surface area contributed by atoms with E-state index in [1.807, 2.05) is 31.2 Å². The highest BCUT2D eigenvalue weighted by atomic mass is 19.1. The van der Waals surface area contributed by atoms with Crippen LogP contribution >= 0.6 is 0 Å². The molecular formula is C24H19FN4O3. The summed E-state index contributed by atoms with van der Waals surface area (Å²) in [5, 5.41) is 6.89. The largest absolute Gasteiger partial charge is 0.457 e. The maximum Gasteiger partial charge on any atom is 0.272 e. The fourth-order valence-corrected chi connectivity index (χ4v) is 3.07. The van der Waals surface area contributed by atoms with Crippen LogP contribution in [-0.4, -0.2) is 20.7 Å². The number of ether oxygens (including phenoxy) is 1. The Morgan fingerprint density at radius 3 is 2.56 bits per heavy atom. The molecule has 4 rings (SSSR count). The molecule has 0 saturated heterocycles. The Morgan fingerprint density at radius 2 is 1.78 bits per heavy atom. The van der Waals surface area contributed by atoms with Crippen LogP contribution in [0.15, 0.2) is 90.0 Å². The molecule has 2 aromatic carbocycles. The summed E-state index contributed by atoms with van der Waals surface area (Å²) in [6, 6.07) is 18.7. The van der Waals surface area contributed by atoms with Crippen molar-refractivity contribution in [1.29, 1.82) is 0 Å². The molecule has 32 heavy (non-hydrogen) atoms. The molecule has 0 unspecified atom stereocenters. The van der Waals surface area contributed by atoms with Crippen LogP contribution < -0.4 is 15.6 Å². The third-order valence-corrected chi connectivity index (χ3v) is 4.70. The van der Waals surface area contributed by atoms with Crippen LogP contribution in [0.3, 0.4) is 0 Å². The van der Waals surface area contributed by atoms with Crippen molar-refractivity contribution in [1.82, 2.24) is 20.1 Å². The fourth-order valence-electron chi connectivity index (χ4n) is 3.07. The number of carbonyl (C=O) groups is 1. The van der Waals surface area contributed by atoms with Gasteiger partial charge < -0.3 is 10.1 Å². The summed E-state index contributed by atoms with van der Waals surface area (Å²) in [6.07, 6.45) is 3.27. The number of nitrogens with zero attached hydrogens (tertiary/aromatic N) is 3. The molecule has 4 aromatic rings. The Bertz CT molecular complexity index is 1310. The second-order valence-electron chi connectivity index (χ2n) is 6.97. The first-order valence-electron chi connectivity index (χ1n) is 9.85. The van der Waals surface area contributed by atoms with Crippen LogP contribution in [0.5, 0.6) is 11.5 Å². The summed E-state index contributed by atoms with van der Waals surface area (Å²) < 4.78 is 20.8. The average molecular weight is 430 g/mol. The van der Waals surface area contributed by atoms with Crippen molar-refractivity contribution >= 4 is 5.91 Å².